The number of alkyl halides is 6. The third kappa shape index (κ3) is 5.18. The van der Waals surface area contributed by atoms with Crippen LogP contribution in [0, 0.1) is 10.8 Å². The van der Waals surface area contributed by atoms with E-state index in [1.807, 2.05) is 0 Å². The van der Waals surface area contributed by atoms with Crippen molar-refractivity contribution < 1.29 is 60.8 Å². The molecule has 172 valence electrons. The van der Waals surface area contributed by atoms with Gasteiger partial charge in [0.25, 0.3) is 0 Å². The molecule has 8 nitrogen and oxygen atoms in total. The van der Waals surface area contributed by atoms with Gasteiger partial charge in [0.05, 0.1) is 10.8 Å². The molecule has 2 atom stereocenters. The van der Waals surface area contributed by atoms with Crippen molar-refractivity contribution in [3.05, 3.63) is 29.8 Å². The second-order valence-corrected chi connectivity index (χ2v) is 7.09. The number of benzene rings is 1. The molecule has 1 aliphatic carbocycles. The number of likely N-dealkylation sites (tertiary alicyclic amines) is 1. The van der Waals surface area contributed by atoms with E-state index < -0.39 is 41.3 Å². The summed E-state index contributed by atoms with van der Waals surface area (Å²) in [5, 5.41) is 25.8. The summed E-state index contributed by atoms with van der Waals surface area (Å²) < 4.78 is 72.3. The van der Waals surface area contributed by atoms with E-state index in [0.29, 0.717) is 5.56 Å². The minimum Gasteiger partial charge on any atom is -0.481 e. The second-order valence-electron chi connectivity index (χ2n) is 7.09. The lowest BCUT2D eigenvalue weighted by Crippen LogP contribution is -2.28. The zero-order chi connectivity index (χ0) is 23.8. The molecule has 0 spiro atoms. The van der Waals surface area contributed by atoms with Gasteiger partial charge in [-0.3, -0.25) is 14.5 Å². The number of hydrogen-bond acceptors (Lipinski definition) is 5. The molecule has 1 aliphatic heterocycles. The first-order valence-electron chi connectivity index (χ1n) is 8.36. The molecule has 1 heterocycles. The summed E-state index contributed by atoms with van der Waals surface area (Å²) in [6, 6.07) is 5.34. The van der Waals surface area contributed by atoms with Gasteiger partial charge >= 0.3 is 30.4 Å². The van der Waals surface area contributed by atoms with Crippen LogP contribution in [0.5, 0.6) is 5.75 Å². The van der Waals surface area contributed by atoms with Crippen molar-refractivity contribution in [2.24, 2.45) is 10.8 Å². The Balaban J connectivity index is 0.000000423. The number of aliphatic carboxylic acids is 3. The van der Waals surface area contributed by atoms with Crippen LogP contribution in [0.3, 0.4) is 0 Å². The van der Waals surface area contributed by atoms with Gasteiger partial charge in [0.15, 0.2) is 0 Å². The molecule has 0 aromatic heterocycles. The summed E-state index contributed by atoms with van der Waals surface area (Å²) in [5.41, 5.74) is -2.13. The van der Waals surface area contributed by atoms with E-state index in [-0.39, 0.29) is 31.8 Å². The van der Waals surface area contributed by atoms with Crippen molar-refractivity contribution >= 4 is 17.9 Å². The predicted octanol–water partition coefficient (Wildman–Crippen LogP) is 2.58. The van der Waals surface area contributed by atoms with Gasteiger partial charge in [-0.05, 0) is 24.1 Å². The number of ether oxygens (including phenoxy) is 1. The topological polar surface area (TPSA) is 124 Å². The summed E-state index contributed by atoms with van der Waals surface area (Å²) in [6.07, 6.45) is -9.80. The van der Waals surface area contributed by atoms with Gasteiger partial charge in [-0.25, -0.2) is 4.79 Å². The van der Waals surface area contributed by atoms with E-state index in [2.05, 4.69) is 4.74 Å². The first-order valence-corrected chi connectivity index (χ1v) is 8.36. The zero-order valence-corrected chi connectivity index (χ0v) is 15.3. The molecule has 2 fully saturated rings. The average molecular weight is 459 g/mol. The zero-order valence-electron chi connectivity index (χ0n) is 15.3. The molecule has 0 amide bonds. The van der Waals surface area contributed by atoms with Gasteiger partial charge in [-0.15, -0.1) is 13.2 Å². The SMILES string of the molecule is O=C(O)C(F)(F)F.O=C(O)[C@@]12CN(Cc3cccc(OC(F)(F)F)c3)C[C@]1(C(=O)O)C2. The highest BCUT2D eigenvalue weighted by Crippen LogP contribution is 2.68. The molecule has 1 saturated carbocycles. The van der Waals surface area contributed by atoms with Crippen LogP contribution < -0.4 is 4.74 Å². The minimum absolute atomic E-state index is 0.0546. The molecular formula is C17H15F6NO7. The number of rotatable bonds is 5. The summed E-state index contributed by atoms with van der Waals surface area (Å²) in [4.78, 5) is 33.4. The highest BCUT2D eigenvalue weighted by Gasteiger charge is 2.80. The number of hydrogen-bond donors (Lipinski definition) is 3. The van der Waals surface area contributed by atoms with Crippen molar-refractivity contribution in [2.45, 2.75) is 25.5 Å². The van der Waals surface area contributed by atoms with E-state index in [9.17, 15) is 46.1 Å². The Morgan fingerprint density at radius 1 is 0.968 bits per heavy atom. The third-order valence-electron chi connectivity index (χ3n) is 4.98. The van der Waals surface area contributed by atoms with Gasteiger partial charge in [0.2, 0.25) is 0 Å². The monoisotopic (exact) mass is 459 g/mol. The summed E-state index contributed by atoms with van der Waals surface area (Å²) in [7, 11) is 0. The van der Waals surface area contributed by atoms with Crippen LogP contribution in [-0.4, -0.2) is 63.8 Å². The molecule has 0 unspecified atom stereocenters. The molecule has 2 aliphatic rings. The van der Waals surface area contributed by atoms with E-state index >= 15 is 0 Å². The van der Waals surface area contributed by atoms with Crippen molar-refractivity contribution in [3.8, 4) is 5.75 Å². The number of piperidine rings is 1. The number of carbonyl (C=O) groups is 3. The predicted molar refractivity (Wildman–Crippen MR) is 86.8 cm³/mol. The third-order valence-corrected chi connectivity index (χ3v) is 4.98. The summed E-state index contributed by atoms with van der Waals surface area (Å²) in [5.74, 6) is -5.43. The van der Waals surface area contributed by atoms with E-state index in [1.54, 1.807) is 11.0 Å². The summed E-state index contributed by atoms with van der Waals surface area (Å²) in [6.45, 7) is 0.261. The second kappa shape index (κ2) is 7.90. The fourth-order valence-corrected chi connectivity index (χ4v) is 3.61. The Kier molecular flexibility index (Phi) is 6.18. The van der Waals surface area contributed by atoms with Gasteiger partial charge in [-0.1, -0.05) is 12.1 Å². The maximum Gasteiger partial charge on any atom is 0.573 e. The van der Waals surface area contributed by atoms with E-state index in [4.69, 9.17) is 9.90 Å². The fourth-order valence-electron chi connectivity index (χ4n) is 3.61. The highest BCUT2D eigenvalue weighted by molar-refractivity contribution is 5.94. The van der Waals surface area contributed by atoms with Crippen LogP contribution in [-0.2, 0) is 20.9 Å². The van der Waals surface area contributed by atoms with Crippen molar-refractivity contribution in [3.63, 3.8) is 0 Å². The van der Waals surface area contributed by atoms with Crippen LogP contribution in [0.1, 0.15) is 12.0 Å². The van der Waals surface area contributed by atoms with Crippen LogP contribution in [0.4, 0.5) is 26.3 Å². The number of nitrogens with zero attached hydrogens (tertiary/aromatic N) is 1. The Labute approximate surface area is 169 Å². The maximum atomic E-state index is 12.3. The first kappa shape index (κ1) is 24.2. The standard InChI is InChI=1S/C15H14F3NO5.C2HF3O2/c16-15(17,18)24-10-3-1-2-9(4-10)5-19-7-13(11(20)21)6-14(13,8-19)12(22)23;3-2(4,5)1(6)7/h1-4H,5-8H2,(H,20,21)(H,22,23);(H,6,7)/t13-,14+;. The Morgan fingerprint density at radius 2 is 1.45 bits per heavy atom. The van der Waals surface area contributed by atoms with Gasteiger partial charge in [0, 0.05) is 19.6 Å². The smallest absolute Gasteiger partial charge is 0.481 e. The number of carboxylic acid groups (broad SMARTS) is 3. The molecule has 1 aromatic carbocycles. The van der Waals surface area contributed by atoms with E-state index in [1.165, 1.54) is 12.1 Å². The molecular weight excluding hydrogens is 444 g/mol. The van der Waals surface area contributed by atoms with Gasteiger partial charge in [-0.2, -0.15) is 13.2 Å². The van der Waals surface area contributed by atoms with Gasteiger partial charge < -0.3 is 20.1 Å². The van der Waals surface area contributed by atoms with Crippen molar-refractivity contribution in [2.75, 3.05) is 13.1 Å². The lowest BCUT2D eigenvalue weighted by atomic mass is 9.97. The van der Waals surface area contributed by atoms with Crippen LogP contribution in [0.15, 0.2) is 24.3 Å². The molecule has 1 saturated heterocycles. The number of carboxylic acids is 3. The lowest BCUT2D eigenvalue weighted by molar-refractivity contribution is -0.274. The van der Waals surface area contributed by atoms with Crippen LogP contribution >= 0.6 is 0 Å². The molecule has 3 rings (SSSR count). The summed E-state index contributed by atoms with van der Waals surface area (Å²) >= 11 is 0. The van der Waals surface area contributed by atoms with E-state index in [0.717, 1.165) is 6.07 Å². The number of halogens is 6. The molecule has 0 radical (unpaired) electrons. The Morgan fingerprint density at radius 3 is 1.84 bits per heavy atom. The molecule has 31 heavy (non-hydrogen) atoms. The largest absolute Gasteiger partial charge is 0.573 e. The number of fused-ring (bicyclic) bond motifs is 1. The van der Waals surface area contributed by atoms with Crippen LogP contribution in [0.25, 0.3) is 0 Å². The highest BCUT2D eigenvalue weighted by atomic mass is 19.4. The fraction of sp³-hybridized carbons (Fsp3) is 0.471. The van der Waals surface area contributed by atoms with Gasteiger partial charge in [0.1, 0.15) is 5.75 Å². The molecule has 1 aromatic rings. The molecule has 3 N–H and O–H groups in total. The quantitative estimate of drug-likeness (QED) is 0.574. The van der Waals surface area contributed by atoms with Crippen molar-refractivity contribution in [1.82, 2.24) is 4.90 Å². The first-order chi connectivity index (χ1) is 14.0. The average Bonchev–Trinajstić information content (AvgIpc) is 3.12. The Bertz CT molecular complexity index is 858. The van der Waals surface area contributed by atoms with Crippen molar-refractivity contribution in [1.29, 1.82) is 0 Å². The lowest BCUT2D eigenvalue weighted by Gasteiger charge is -2.20. The molecule has 14 heteroatoms. The molecule has 0 bridgehead atoms. The Hall–Kier alpha value is -3.03. The normalized spacial score (nSPS) is 25.1. The minimum atomic E-state index is -5.08. The maximum absolute atomic E-state index is 12.3. The van der Waals surface area contributed by atoms with Crippen LogP contribution in [0.2, 0.25) is 0 Å².